The summed E-state index contributed by atoms with van der Waals surface area (Å²) in [6.07, 6.45) is 3.42. The van der Waals surface area contributed by atoms with Gasteiger partial charge in [0.05, 0.1) is 19.7 Å². The molecule has 0 saturated heterocycles. The normalized spacial score (nSPS) is 12.2. The van der Waals surface area contributed by atoms with Crippen molar-refractivity contribution in [1.29, 1.82) is 0 Å². The van der Waals surface area contributed by atoms with Gasteiger partial charge in [-0.3, -0.25) is 14.7 Å². The fourth-order valence-corrected chi connectivity index (χ4v) is 2.92. The van der Waals surface area contributed by atoms with Gasteiger partial charge in [0.15, 0.2) is 5.82 Å². The topological polar surface area (TPSA) is 98.1 Å². The minimum atomic E-state index is -0.329. The molecule has 9 nitrogen and oxygen atoms in total. The van der Waals surface area contributed by atoms with E-state index in [4.69, 9.17) is 4.74 Å². The zero-order valence-corrected chi connectivity index (χ0v) is 17.7. The second-order valence-corrected chi connectivity index (χ2v) is 7.32. The van der Waals surface area contributed by atoms with E-state index in [1.165, 1.54) is 4.68 Å². The Kier molecular flexibility index (Phi) is 7.08. The molecule has 1 aromatic carbocycles. The number of aromatic nitrogens is 5. The van der Waals surface area contributed by atoms with Crippen molar-refractivity contribution in [1.82, 2.24) is 35.4 Å². The first-order chi connectivity index (χ1) is 14.5. The Labute approximate surface area is 176 Å². The second-order valence-electron chi connectivity index (χ2n) is 7.32. The Morgan fingerprint density at radius 3 is 2.43 bits per heavy atom. The number of amides is 1. The molecule has 2 aromatic heterocycles. The van der Waals surface area contributed by atoms with E-state index < -0.39 is 0 Å². The second kappa shape index (κ2) is 9.93. The van der Waals surface area contributed by atoms with Gasteiger partial charge in [-0.1, -0.05) is 12.1 Å². The zero-order valence-electron chi connectivity index (χ0n) is 17.7. The molecule has 9 heteroatoms. The minimum absolute atomic E-state index is 0.0337. The Morgan fingerprint density at radius 1 is 1.13 bits per heavy atom. The van der Waals surface area contributed by atoms with E-state index in [0.717, 1.165) is 16.9 Å². The van der Waals surface area contributed by atoms with Gasteiger partial charge < -0.3 is 10.1 Å². The number of nitrogens with one attached hydrogen (secondary N) is 1. The third-order valence-corrected chi connectivity index (χ3v) is 4.97. The van der Waals surface area contributed by atoms with Gasteiger partial charge in [-0.15, -0.1) is 5.10 Å². The van der Waals surface area contributed by atoms with Gasteiger partial charge in [0.1, 0.15) is 12.3 Å². The van der Waals surface area contributed by atoms with Crippen LogP contribution in [0.1, 0.15) is 36.8 Å². The number of hydrogen-bond donors (Lipinski definition) is 1. The van der Waals surface area contributed by atoms with Crippen LogP contribution in [-0.4, -0.2) is 56.2 Å². The van der Waals surface area contributed by atoms with Gasteiger partial charge >= 0.3 is 0 Å². The molecule has 0 radical (unpaired) electrons. The van der Waals surface area contributed by atoms with Crippen LogP contribution in [0.5, 0.6) is 5.75 Å². The smallest absolute Gasteiger partial charge is 0.242 e. The van der Waals surface area contributed by atoms with E-state index in [0.29, 0.717) is 18.4 Å². The number of ether oxygens (including phenoxy) is 1. The highest BCUT2D eigenvalue weighted by molar-refractivity contribution is 5.76. The summed E-state index contributed by atoms with van der Waals surface area (Å²) in [5, 5.41) is 14.9. The SMILES string of the molecule is COc1ccc(C(NC(=O)Cn2nnnc2CN(C)C(C)C)c2ccncc2)cc1. The van der Waals surface area contributed by atoms with Gasteiger partial charge in [0.2, 0.25) is 5.91 Å². The van der Waals surface area contributed by atoms with Gasteiger partial charge in [0.25, 0.3) is 0 Å². The molecule has 2 heterocycles. The van der Waals surface area contributed by atoms with E-state index in [1.807, 2.05) is 43.4 Å². The van der Waals surface area contributed by atoms with Crippen molar-refractivity contribution in [3.8, 4) is 5.75 Å². The molecular formula is C21H27N7O2. The van der Waals surface area contributed by atoms with Crippen LogP contribution in [-0.2, 0) is 17.9 Å². The van der Waals surface area contributed by atoms with E-state index in [1.54, 1.807) is 19.5 Å². The largest absolute Gasteiger partial charge is 0.497 e. The third kappa shape index (κ3) is 5.38. The number of carbonyl (C=O) groups is 1. The molecule has 158 valence electrons. The fourth-order valence-electron chi connectivity index (χ4n) is 2.92. The Morgan fingerprint density at radius 2 is 1.80 bits per heavy atom. The first kappa shape index (κ1) is 21.4. The molecule has 0 spiro atoms. The van der Waals surface area contributed by atoms with Crippen molar-refractivity contribution < 1.29 is 9.53 Å². The number of rotatable bonds is 9. The van der Waals surface area contributed by atoms with E-state index in [9.17, 15) is 4.79 Å². The molecule has 0 aliphatic heterocycles. The standard InChI is InChI=1S/C21H27N7O2/c1-15(2)27(3)13-19-24-25-26-28(19)14-20(29)23-21(17-9-11-22-12-10-17)16-5-7-18(30-4)8-6-16/h5-12,15,21H,13-14H2,1-4H3,(H,23,29). The summed E-state index contributed by atoms with van der Waals surface area (Å²) in [7, 11) is 3.62. The van der Waals surface area contributed by atoms with Crippen LogP contribution in [0.4, 0.5) is 0 Å². The number of tetrazole rings is 1. The van der Waals surface area contributed by atoms with Gasteiger partial charge in [-0.05, 0) is 66.7 Å². The highest BCUT2D eigenvalue weighted by Gasteiger charge is 2.19. The highest BCUT2D eigenvalue weighted by Crippen LogP contribution is 2.24. The predicted octanol–water partition coefficient (Wildman–Crippen LogP) is 1.82. The molecule has 0 aliphatic carbocycles. The van der Waals surface area contributed by atoms with Crippen molar-refractivity contribution in [3.05, 3.63) is 65.7 Å². The van der Waals surface area contributed by atoms with Gasteiger partial charge in [-0.2, -0.15) is 0 Å². The van der Waals surface area contributed by atoms with Crippen LogP contribution < -0.4 is 10.1 Å². The monoisotopic (exact) mass is 409 g/mol. The maximum atomic E-state index is 12.9. The van der Waals surface area contributed by atoms with Crippen molar-refractivity contribution in [2.45, 2.75) is 39.0 Å². The molecule has 3 rings (SSSR count). The molecule has 0 aliphatic rings. The summed E-state index contributed by atoms with van der Waals surface area (Å²) < 4.78 is 6.77. The lowest BCUT2D eigenvalue weighted by Crippen LogP contribution is -2.34. The summed E-state index contributed by atoms with van der Waals surface area (Å²) in [6.45, 7) is 4.78. The van der Waals surface area contributed by atoms with Crippen LogP contribution in [0.3, 0.4) is 0 Å². The molecule has 1 atom stereocenters. The van der Waals surface area contributed by atoms with Crippen molar-refractivity contribution in [3.63, 3.8) is 0 Å². The molecule has 3 aromatic rings. The third-order valence-electron chi connectivity index (χ3n) is 4.97. The molecular weight excluding hydrogens is 382 g/mol. The maximum Gasteiger partial charge on any atom is 0.242 e. The Balaban J connectivity index is 1.77. The lowest BCUT2D eigenvalue weighted by molar-refractivity contribution is -0.122. The number of pyridine rings is 1. The summed E-state index contributed by atoms with van der Waals surface area (Å²) in [5.41, 5.74) is 1.87. The lowest BCUT2D eigenvalue weighted by atomic mass is 9.99. The average Bonchev–Trinajstić information content (AvgIpc) is 3.19. The number of methoxy groups -OCH3 is 1. The van der Waals surface area contributed by atoms with E-state index in [2.05, 4.69) is 44.6 Å². The van der Waals surface area contributed by atoms with Gasteiger partial charge in [-0.25, -0.2) is 4.68 Å². The van der Waals surface area contributed by atoms with Crippen LogP contribution in [0.2, 0.25) is 0 Å². The minimum Gasteiger partial charge on any atom is -0.497 e. The van der Waals surface area contributed by atoms with Crippen LogP contribution in [0, 0.1) is 0 Å². The highest BCUT2D eigenvalue weighted by atomic mass is 16.5. The van der Waals surface area contributed by atoms with Gasteiger partial charge in [0, 0.05) is 18.4 Å². The fraction of sp³-hybridized carbons (Fsp3) is 0.381. The van der Waals surface area contributed by atoms with Crippen LogP contribution in [0.25, 0.3) is 0 Å². The number of carbonyl (C=O) groups excluding carboxylic acids is 1. The van der Waals surface area contributed by atoms with Crippen LogP contribution >= 0.6 is 0 Å². The molecule has 1 amide bonds. The maximum absolute atomic E-state index is 12.9. The molecule has 30 heavy (non-hydrogen) atoms. The molecule has 1 N–H and O–H groups in total. The average molecular weight is 409 g/mol. The molecule has 1 unspecified atom stereocenters. The number of benzene rings is 1. The quantitative estimate of drug-likeness (QED) is 0.576. The first-order valence-corrected chi connectivity index (χ1v) is 9.76. The molecule has 0 bridgehead atoms. The van der Waals surface area contributed by atoms with E-state index >= 15 is 0 Å². The summed E-state index contributed by atoms with van der Waals surface area (Å²) >= 11 is 0. The summed E-state index contributed by atoms with van der Waals surface area (Å²) in [4.78, 5) is 19.1. The first-order valence-electron chi connectivity index (χ1n) is 9.76. The zero-order chi connectivity index (χ0) is 21.5. The number of nitrogens with zero attached hydrogens (tertiary/aromatic N) is 6. The molecule has 0 fully saturated rings. The van der Waals surface area contributed by atoms with Crippen molar-refractivity contribution >= 4 is 5.91 Å². The predicted molar refractivity (Wildman–Crippen MR) is 112 cm³/mol. The summed E-state index contributed by atoms with van der Waals surface area (Å²) in [5.74, 6) is 1.21. The lowest BCUT2D eigenvalue weighted by Gasteiger charge is -2.21. The van der Waals surface area contributed by atoms with Crippen molar-refractivity contribution in [2.75, 3.05) is 14.2 Å². The van der Waals surface area contributed by atoms with E-state index in [-0.39, 0.29) is 18.5 Å². The number of hydrogen-bond acceptors (Lipinski definition) is 7. The van der Waals surface area contributed by atoms with Crippen molar-refractivity contribution in [2.24, 2.45) is 0 Å². The Hall–Kier alpha value is -3.33. The van der Waals surface area contributed by atoms with Crippen LogP contribution in [0.15, 0.2) is 48.8 Å². The molecule has 0 saturated carbocycles. The Bertz CT molecular complexity index is 942. The summed E-state index contributed by atoms with van der Waals surface area (Å²) in [6, 6.07) is 11.4.